The molecule has 1 fully saturated rings. The van der Waals surface area contributed by atoms with Crippen LogP contribution in [0.4, 0.5) is 10.5 Å². The van der Waals surface area contributed by atoms with E-state index in [0.717, 1.165) is 43.4 Å². The van der Waals surface area contributed by atoms with Crippen LogP contribution in [0.1, 0.15) is 54.7 Å². The number of carbonyl (C=O) groups excluding carboxylic acids is 1. The van der Waals surface area contributed by atoms with Gasteiger partial charge < -0.3 is 10.4 Å². The number of carboxylic acids is 1. The molecule has 2 N–H and O–H groups in total. The van der Waals surface area contributed by atoms with Crippen molar-refractivity contribution in [3.05, 3.63) is 89.5 Å². The molecule has 0 saturated heterocycles. The molecule has 1 heterocycles. The van der Waals surface area contributed by atoms with Crippen LogP contribution in [-0.4, -0.2) is 23.7 Å². The minimum atomic E-state index is -0.678. The summed E-state index contributed by atoms with van der Waals surface area (Å²) >= 11 is 0. The number of aliphatic carboxylic acids is 1. The first-order chi connectivity index (χ1) is 17.1. The van der Waals surface area contributed by atoms with E-state index in [1.165, 1.54) is 22.3 Å². The molecule has 1 aliphatic carbocycles. The van der Waals surface area contributed by atoms with Crippen molar-refractivity contribution in [1.29, 1.82) is 0 Å². The van der Waals surface area contributed by atoms with Gasteiger partial charge in [0.2, 0.25) is 0 Å². The first kappa shape index (κ1) is 23.2. The third-order valence-corrected chi connectivity index (χ3v) is 7.53. The standard InChI is InChI=1S/C30H32N2O3/c33-29(34)18-21-6-8-23(9-7-21)24-10-12-25(13-11-24)26-14-15-28-27(19-26)16-17-32(28)30(35)31-20-22-4-2-1-3-5-22/h1-5,10-15,19,21,23H,6-9,16-18,20H2,(H,31,35)(H,33,34)/t21-,23-. The van der Waals surface area contributed by atoms with E-state index in [9.17, 15) is 9.59 Å². The Morgan fingerprint density at radius 1 is 0.886 bits per heavy atom. The fourth-order valence-electron chi connectivity index (χ4n) is 5.56. The van der Waals surface area contributed by atoms with Crippen LogP contribution < -0.4 is 10.2 Å². The van der Waals surface area contributed by atoms with Gasteiger partial charge in [0.1, 0.15) is 0 Å². The van der Waals surface area contributed by atoms with Gasteiger partial charge in [-0.2, -0.15) is 0 Å². The molecular formula is C30H32N2O3. The van der Waals surface area contributed by atoms with Gasteiger partial charge in [-0.1, -0.05) is 60.7 Å². The number of hydrogen-bond acceptors (Lipinski definition) is 2. The summed E-state index contributed by atoms with van der Waals surface area (Å²) in [5, 5.41) is 12.1. The van der Waals surface area contributed by atoms with Gasteiger partial charge in [0.25, 0.3) is 0 Å². The molecule has 2 aliphatic rings. The predicted molar refractivity (Wildman–Crippen MR) is 139 cm³/mol. The number of urea groups is 1. The normalized spacial score (nSPS) is 19.3. The summed E-state index contributed by atoms with van der Waals surface area (Å²) in [4.78, 5) is 25.6. The van der Waals surface area contributed by atoms with Crippen molar-refractivity contribution in [3.8, 4) is 11.1 Å². The molecular weight excluding hydrogens is 436 g/mol. The Morgan fingerprint density at radius 3 is 2.31 bits per heavy atom. The molecule has 1 aliphatic heterocycles. The van der Waals surface area contributed by atoms with Crippen LogP contribution in [0.2, 0.25) is 0 Å². The Bertz CT molecular complexity index is 1180. The van der Waals surface area contributed by atoms with Crippen LogP contribution in [0.3, 0.4) is 0 Å². The van der Waals surface area contributed by atoms with E-state index in [2.05, 4.69) is 47.8 Å². The van der Waals surface area contributed by atoms with E-state index in [4.69, 9.17) is 5.11 Å². The maximum Gasteiger partial charge on any atom is 0.322 e. The van der Waals surface area contributed by atoms with Gasteiger partial charge in [-0.3, -0.25) is 9.69 Å². The van der Waals surface area contributed by atoms with Gasteiger partial charge in [-0.25, -0.2) is 4.79 Å². The van der Waals surface area contributed by atoms with Crippen molar-refractivity contribution in [2.45, 2.75) is 51.0 Å². The SMILES string of the molecule is O=C(O)C[C@H]1CC[C@H](c2ccc(-c3ccc4c(c3)CCN4C(=O)NCc3ccccc3)cc2)CC1. The Morgan fingerprint density at radius 2 is 1.60 bits per heavy atom. The number of nitrogens with one attached hydrogen (secondary N) is 1. The maximum absolute atomic E-state index is 12.8. The number of amides is 2. The summed E-state index contributed by atoms with van der Waals surface area (Å²) in [5.41, 5.74) is 7.00. The van der Waals surface area contributed by atoms with E-state index >= 15 is 0 Å². The minimum Gasteiger partial charge on any atom is -0.481 e. The first-order valence-electron chi connectivity index (χ1n) is 12.6. The van der Waals surface area contributed by atoms with E-state index in [1.807, 2.05) is 35.2 Å². The number of benzene rings is 3. The highest BCUT2D eigenvalue weighted by atomic mass is 16.4. The number of nitrogens with zero attached hydrogens (tertiary/aromatic N) is 1. The van der Waals surface area contributed by atoms with Crippen LogP contribution in [0.15, 0.2) is 72.8 Å². The number of hydrogen-bond donors (Lipinski definition) is 2. The summed E-state index contributed by atoms with van der Waals surface area (Å²) in [7, 11) is 0. The zero-order valence-electron chi connectivity index (χ0n) is 20.0. The monoisotopic (exact) mass is 468 g/mol. The van der Waals surface area contributed by atoms with E-state index in [1.54, 1.807) is 0 Å². The molecule has 0 atom stereocenters. The fraction of sp³-hybridized carbons (Fsp3) is 0.333. The lowest BCUT2D eigenvalue weighted by molar-refractivity contribution is -0.138. The average molecular weight is 469 g/mol. The summed E-state index contributed by atoms with van der Waals surface area (Å²) in [6.45, 7) is 1.22. The number of carbonyl (C=O) groups is 2. The Hall–Kier alpha value is -3.60. The van der Waals surface area contributed by atoms with Crippen LogP contribution in [0.25, 0.3) is 11.1 Å². The van der Waals surface area contributed by atoms with Gasteiger partial charge in [0.15, 0.2) is 0 Å². The number of carboxylic acid groups (broad SMARTS) is 1. The lowest BCUT2D eigenvalue weighted by Gasteiger charge is -2.28. The third-order valence-electron chi connectivity index (χ3n) is 7.53. The highest BCUT2D eigenvalue weighted by Crippen LogP contribution is 2.38. The van der Waals surface area contributed by atoms with E-state index < -0.39 is 5.97 Å². The van der Waals surface area contributed by atoms with Crippen molar-refractivity contribution in [3.63, 3.8) is 0 Å². The van der Waals surface area contributed by atoms with Crippen LogP contribution in [0.5, 0.6) is 0 Å². The second-order valence-electron chi connectivity index (χ2n) is 9.83. The van der Waals surface area contributed by atoms with Gasteiger partial charge in [0.05, 0.1) is 0 Å². The number of fused-ring (bicyclic) bond motifs is 1. The highest BCUT2D eigenvalue weighted by molar-refractivity contribution is 5.94. The average Bonchev–Trinajstić information content (AvgIpc) is 3.32. The molecule has 0 unspecified atom stereocenters. The second-order valence-corrected chi connectivity index (χ2v) is 9.83. The summed E-state index contributed by atoms with van der Waals surface area (Å²) in [6.07, 6.45) is 5.30. The molecule has 0 spiro atoms. The van der Waals surface area contributed by atoms with Gasteiger partial charge in [0, 0.05) is 25.2 Å². The summed E-state index contributed by atoms with van der Waals surface area (Å²) in [6, 6.07) is 25.1. The van der Waals surface area contributed by atoms with E-state index in [0.29, 0.717) is 31.3 Å². The second kappa shape index (κ2) is 10.3. The van der Waals surface area contributed by atoms with Crippen molar-refractivity contribution in [1.82, 2.24) is 5.32 Å². The summed E-state index contributed by atoms with van der Waals surface area (Å²) < 4.78 is 0. The Labute approximate surface area is 206 Å². The summed E-state index contributed by atoms with van der Waals surface area (Å²) in [5.74, 6) is 0.176. The quantitative estimate of drug-likeness (QED) is 0.441. The minimum absolute atomic E-state index is 0.0530. The molecule has 0 radical (unpaired) electrons. The van der Waals surface area contributed by atoms with Crippen LogP contribution in [0, 0.1) is 5.92 Å². The van der Waals surface area contributed by atoms with Crippen molar-refractivity contribution < 1.29 is 14.7 Å². The number of rotatable bonds is 6. The number of anilines is 1. The first-order valence-corrected chi connectivity index (χ1v) is 12.6. The Kier molecular flexibility index (Phi) is 6.84. The lowest BCUT2D eigenvalue weighted by atomic mass is 9.77. The zero-order valence-corrected chi connectivity index (χ0v) is 20.0. The zero-order chi connectivity index (χ0) is 24.2. The maximum atomic E-state index is 12.8. The molecule has 5 nitrogen and oxygen atoms in total. The predicted octanol–water partition coefficient (Wildman–Crippen LogP) is 6.37. The molecule has 1 saturated carbocycles. The van der Waals surface area contributed by atoms with Crippen LogP contribution >= 0.6 is 0 Å². The fourth-order valence-corrected chi connectivity index (χ4v) is 5.56. The van der Waals surface area contributed by atoms with Gasteiger partial charge >= 0.3 is 12.0 Å². The van der Waals surface area contributed by atoms with Gasteiger partial charge in [-0.05, 0) is 83.9 Å². The van der Waals surface area contributed by atoms with Crippen molar-refractivity contribution in [2.24, 2.45) is 5.92 Å². The topological polar surface area (TPSA) is 69.6 Å². The largest absolute Gasteiger partial charge is 0.481 e. The molecule has 3 aromatic carbocycles. The highest BCUT2D eigenvalue weighted by Gasteiger charge is 2.26. The molecule has 2 amide bonds. The van der Waals surface area contributed by atoms with Crippen LogP contribution in [-0.2, 0) is 17.8 Å². The molecule has 0 aromatic heterocycles. The molecule has 5 rings (SSSR count). The van der Waals surface area contributed by atoms with E-state index in [-0.39, 0.29) is 6.03 Å². The molecule has 35 heavy (non-hydrogen) atoms. The third kappa shape index (κ3) is 5.40. The van der Waals surface area contributed by atoms with Gasteiger partial charge in [-0.15, -0.1) is 0 Å². The molecule has 5 heteroatoms. The molecule has 0 bridgehead atoms. The van der Waals surface area contributed by atoms with Crippen molar-refractivity contribution in [2.75, 3.05) is 11.4 Å². The van der Waals surface area contributed by atoms with Crippen molar-refractivity contribution >= 4 is 17.7 Å². The molecule has 180 valence electrons. The lowest BCUT2D eigenvalue weighted by Crippen LogP contribution is -2.38. The Balaban J connectivity index is 1.21. The molecule has 3 aromatic rings. The smallest absolute Gasteiger partial charge is 0.322 e.